The highest BCUT2D eigenvalue weighted by Crippen LogP contribution is 2.35. The van der Waals surface area contributed by atoms with Crippen molar-refractivity contribution in [1.29, 1.82) is 0 Å². The van der Waals surface area contributed by atoms with Crippen LogP contribution in [0.2, 0.25) is 5.02 Å². The fourth-order valence-electron chi connectivity index (χ4n) is 4.51. The van der Waals surface area contributed by atoms with Crippen molar-refractivity contribution >= 4 is 34.0 Å². The summed E-state index contributed by atoms with van der Waals surface area (Å²) in [6, 6.07) is 16.6. The van der Waals surface area contributed by atoms with Crippen LogP contribution in [-0.2, 0) is 0 Å². The van der Waals surface area contributed by atoms with Gasteiger partial charge in [0.25, 0.3) is 0 Å². The number of anilines is 2. The maximum absolute atomic E-state index is 14.3. The van der Waals surface area contributed by atoms with Gasteiger partial charge < -0.3 is 20.6 Å². The highest BCUT2D eigenvalue weighted by molar-refractivity contribution is 6.34. The molecule has 2 aromatic carbocycles. The van der Waals surface area contributed by atoms with Gasteiger partial charge in [0, 0.05) is 54.6 Å². The average molecular weight is 492 g/mol. The molecular weight excluding hydrogens is 465 g/mol. The third-order valence-electron chi connectivity index (χ3n) is 6.44. The van der Waals surface area contributed by atoms with E-state index in [9.17, 15) is 9.50 Å². The van der Waals surface area contributed by atoms with Gasteiger partial charge in [0.15, 0.2) is 0 Å². The van der Waals surface area contributed by atoms with E-state index in [1.54, 1.807) is 18.3 Å². The van der Waals surface area contributed by atoms with Gasteiger partial charge in [0.05, 0.1) is 28.9 Å². The van der Waals surface area contributed by atoms with E-state index in [-0.39, 0.29) is 24.5 Å². The van der Waals surface area contributed by atoms with Gasteiger partial charge in [-0.25, -0.2) is 9.37 Å². The molecule has 6 nitrogen and oxygen atoms in total. The first-order valence-corrected chi connectivity index (χ1v) is 12.1. The molecule has 1 saturated heterocycles. The SMILES string of the molecule is C[C@@H](Nc1c(Cl)cnc2ccc(-c3ccc(N4CCNC(CO)C4)nc3)cc12)c1ccccc1F. The molecule has 3 heterocycles. The molecule has 0 saturated carbocycles. The summed E-state index contributed by atoms with van der Waals surface area (Å²) in [6.45, 7) is 4.39. The van der Waals surface area contributed by atoms with Crippen LogP contribution in [0.25, 0.3) is 22.0 Å². The van der Waals surface area contributed by atoms with E-state index in [2.05, 4.69) is 25.5 Å². The van der Waals surface area contributed by atoms with Crippen molar-refractivity contribution in [2.45, 2.75) is 19.0 Å². The fourth-order valence-corrected chi connectivity index (χ4v) is 4.72. The Morgan fingerprint density at radius 3 is 2.74 bits per heavy atom. The van der Waals surface area contributed by atoms with Crippen LogP contribution in [0.15, 0.2) is 67.0 Å². The number of fused-ring (bicyclic) bond motifs is 1. The monoisotopic (exact) mass is 491 g/mol. The van der Waals surface area contributed by atoms with Crippen molar-refractivity contribution < 1.29 is 9.50 Å². The summed E-state index contributed by atoms with van der Waals surface area (Å²) in [5.41, 5.74) is 4.03. The molecule has 8 heteroatoms. The van der Waals surface area contributed by atoms with Crippen LogP contribution < -0.4 is 15.5 Å². The lowest BCUT2D eigenvalue weighted by molar-refractivity contribution is 0.235. The molecule has 0 bridgehead atoms. The Labute approximate surface area is 208 Å². The van der Waals surface area contributed by atoms with Gasteiger partial charge in [-0.3, -0.25) is 4.98 Å². The van der Waals surface area contributed by atoms with Gasteiger partial charge in [-0.05, 0) is 42.8 Å². The predicted octanol–water partition coefficient (Wildman–Crippen LogP) is 5.03. The molecular formula is C27H27ClFN5O. The van der Waals surface area contributed by atoms with E-state index in [0.717, 1.165) is 53.2 Å². The maximum atomic E-state index is 14.3. The number of halogens is 2. The van der Waals surface area contributed by atoms with Crippen molar-refractivity contribution in [3.63, 3.8) is 0 Å². The van der Waals surface area contributed by atoms with Gasteiger partial charge in [-0.1, -0.05) is 35.9 Å². The Balaban J connectivity index is 1.44. The standard InChI is InChI=1S/C27H27ClFN5O/c1-17(21-4-2-3-5-24(21)29)33-27-22-12-18(6-8-25(22)31-14-23(27)28)19-7-9-26(32-13-19)34-11-10-30-20(15-34)16-35/h2-9,12-14,17,20,30,35H,10-11,15-16H2,1H3,(H,31,33)/t17-,20?/m1/s1. The number of hydrogen-bond donors (Lipinski definition) is 3. The molecule has 3 N–H and O–H groups in total. The molecule has 2 atom stereocenters. The number of pyridine rings is 2. The van der Waals surface area contributed by atoms with Crippen molar-refractivity contribution in [2.24, 2.45) is 0 Å². The minimum Gasteiger partial charge on any atom is -0.395 e. The summed E-state index contributed by atoms with van der Waals surface area (Å²) in [7, 11) is 0. The van der Waals surface area contributed by atoms with Crippen molar-refractivity contribution in [3.05, 3.63) is 83.4 Å². The van der Waals surface area contributed by atoms with Gasteiger partial charge in [0.1, 0.15) is 11.6 Å². The molecule has 180 valence electrons. The number of hydrogen-bond acceptors (Lipinski definition) is 6. The first-order valence-electron chi connectivity index (χ1n) is 11.7. The van der Waals surface area contributed by atoms with Crippen LogP contribution in [0.5, 0.6) is 0 Å². The molecule has 35 heavy (non-hydrogen) atoms. The molecule has 1 aliphatic rings. The summed E-state index contributed by atoms with van der Waals surface area (Å²) in [4.78, 5) is 11.3. The summed E-state index contributed by atoms with van der Waals surface area (Å²) in [5.74, 6) is 0.629. The van der Waals surface area contributed by atoms with Crippen LogP contribution in [0.4, 0.5) is 15.9 Å². The molecule has 0 radical (unpaired) electrons. The molecule has 5 rings (SSSR count). The molecule has 1 aliphatic heterocycles. The van der Waals surface area contributed by atoms with Gasteiger partial charge in [-0.15, -0.1) is 0 Å². The normalized spacial score (nSPS) is 16.9. The fraction of sp³-hybridized carbons (Fsp3) is 0.259. The van der Waals surface area contributed by atoms with E-state index in [1.165, 1.54) is 6.07 Å². The number of nitrogens with zero attached hydrogens (tertiary/aromatic N) is 3. The predicted molar refractivity (Wildman–Crippen MR) is 140 cm³/mol. The van der Waals surface area contributed by atoms with Crippen LogP contribution in [0, 0.1) is 5.82 Å². The molecule has 0 aliphatic carbocycles. The second kappa shape index (κ2) is 10.2. The Hall–Kier alpha value is -3.26. The van der Waals surface area contributed by atoms with Crippen LogP contribution >= 0.6 is 11.6 Å². The second-order valence-electron chi connectivity index (χ2n) is 8.79. The highest BCUT2D eigenvalue weighted by atomic mass is 35.5. The number of benzene rings is 2. The molecule has 1 unspecified atom stereocenters. The third kappa shape index (κ3) is 4.93. The van der Waals surface area contributed by atoms with E-state index in [1.807, 2.05) is 49.5 Å². The molecule has 4 aromatic rings. The molecule has 0 spiro atoms. The van der Waals surface area contributed by atoms with Crippen molar-refractivity contribution in [2.75, 3.05) is 36.5 Å². The Bertz CT molecular complexity index is 1330. The number of aliphatic hydroxyl groups is 1. The van der Waals surface area contributed by atoms with Crippen LogP contribution in [-0.4, -0.2) is 47.4 Å². The zero-order valence-corrected chi connectivity index (χ0v) is 20.1. The lowest BCUT2D eigenvalue weighted by atomic mass is 10.0. The summed E-state index contributed by atoms with van der Waals surface area (Å²) in [6.07, 6.45) is 3.48. The lowest BCUT2D eigenvalue weighted by Gasteiger charge is -2.33. The third-order valence-corrected chi connectivity index (χ3v) is 6.72. The van der Waals surface area contributed by atoms with Crippen molar-refractivity contribution in [1.82, 2.24) is 15.3 Å². The molecule has 1 fully saturated rings. The van der Waals surface area contributed by atoms with E-state index < -0.39 is 0 Å². The Morgan fingerprint density at radius 1 is 1.14 bits per heavy atom. The largest absolute Gasteiger partial charge is 0.395 e. The minimum absolute atomic E-state index is 0.0561. The Morgan fingerprint density at radius 2 is 1.97 bits per heavy atom. The number of rotatable bonds is 6. The van der Waals surface area contributed by atoms with Crippen molar-refractivity contribution in [3.8, 4) is 11.1 Å². The number of aromatic nitrogens is 2. The first kappa shape index (κ1) is 23.5. The first-order chi connectivity index (χ1) is 17.0. The topological polar surface area (TPSA) is 73.3 Å². The van der Waals surface area contributed by atoms with E-state index in [4.69, 9.17) is 11.6 Å². The summed E-state index contributed by atoms with van der Waals surface area (Å²) >= 11 is 6.54. The van der Waals surface area contributed by atoms with Crippen LogP contribution in [0.3, 0.4) is 0 Å². The molecule has 2 aromatic heterocycles. The number of aliphatic hydroxyl groups excluding tert-OH is 1. The van der Waals surface area contributed by atoms with E-state index in [0.29, 0.717) is 10.6 Å². The summed E-state index contributed by atoms with van der Waals surface area (Å²) in [5, 5.41) is 17.5. The van der Waals surface area contributed by atoms with Crippen LogP contribution in [0.1, 0.15) is 18.5 Å². The van der Waals surface area contributed by atoms with Gasteiger partial charge in [0.2, 0.25) is 0 Å². The second-order valence-corrected chi connectivity index (χ2v) is 9.19. The Kier molecular flexibility index (Phi) is 6.81. The van der Waals surface area contributed by atoms with Gasteiger partial charge in [-0.2, -0.15) is 0 Å². The zero-order valence-electron chi connectivity index (χ0n) is 19.4. The number of piperazine rings is 1. The van der Waals surface area contributed by atoms with E-state index >= 15 is 0 Å². The smallest absolute Gasteiger partial charge is 0.128 e. The quantitative estimate of drug-likeness (QED) is 0.351. The average Bonchev–Trinajstić information content (AvgIpc) is 2.90. The molecule has 0 amide bonds. The minimum atomic E-state index is -0.286. The summed E-state index contributed by atoms with van der Waals surface area (Å²) < 4.78 is 14.3. The lowest BCUT2D eigenvalue weighted by Crippen LogP contribution is -2.52. The zero-order chi connectivity index (χ0) is 24.4. The maximum Gasteiger partial charge on any atom is 0.128 e. The number of nitrogens with one attached hydrogen (secondary N) is 2. The highest BCUT2D eigenvalue weighted by Gasteiger charge is 2.20. The van der Waals surface area contributed by atoms with Gasteiger partial charge >= 0.3 is 0 Å².